The van der Waals surface area contributed by atoms with Crippen LogP contribution in [0.25, 0.3) is 0 Å². The van der Waals surface area contributed by atoms with E-state index in [1.165, 1.54) is 0 Å². The minimum atomic E-state index is 0.0930. The largest absolute Gasteiger partial charge is 0.497 e. The first kappa shape index (κ1) is 9.98. The van der Waals surface area contributed by atoms with E-state index in [0.717, 1.165) is 0 Å². The van der Waals surface area contributed by atoms with Crippen LogP contribution < -0.4 is 5.73 Å². The zero-order chi connectivity index (χ0) is 8.69. The van der Waals surface area contributed by atoms with Crippen molar-refractivity contribution in [2.45, 2.75) is 13.0 Å². The summed E-state index contributed by atoms with van der Waals surface area (Å²) in [5.41, 5.74) is 5.47. The van der Waals surface area contributed by atoms with Crippen molar-refractivity contribution in [1.82, 2.24) is 0 Å². The van der Waals surface area contributed by atoms with E-state index in [1.54, 1.807) is 13.2 Å². The Morgan fingerprint density at radius 3 is 2.64 bits per heavy atom. The number of ether oxygens (including phenoxy) is 1. The van der Waals surface area contributed by atoms with E-state index in [1.807, 2.05) is 25.2 Å². The fraction of sp³-hybridized carbons (Fsp3) is 0.333. The molecule has 0 aliphatic heterocycles. The summed E-state index contributed by atoms with van der Waals surface area (Å²) in [4.78, 5) is 0. The molecular formula is C9H15NO. The van der Waals surface area contributed by atoms with Gasteiger partial charge in [-0.2, -0.15) is 0 Å². The van der Waals surface area contributed by atoms with Gasteiger partial charge in [-0.3, -0.25) is 0 Å². The van der Waals surface area contributed by atoms with Gasteiger partial charge in [0.2, 0.25) is 0 Å². The molecule has 1 unspecified atom stereocenters. The van der Waals surface area contributed by atoms with Crippen LogP contribution >= 0.6 is 0 Å². The number of nitrogens with two attached hydrogens (primary N) is 1. The fourth-order valence-electron chi connectivity index (χ4n) is 0.470. The molecule has 0 radical (unpaired) electrons. The van der Waals surface area contributed by atoms with Crippen LogP contribution in [0.3, 0.4) is 0 Å². The Labute approximate surface area is 68.0 Å². The van der Waals surface area contributed by atoms with E-state index < -0.39 is 0 Å². The van der Waals surface area contributed by atoms with E-state index in [2.05, 4.69) is 6.58 Å². The number of methoxy groups -OCH3 is 1. The molecule has 0 aromatic rings. The average molecular weight is 153 g/mol. The van der Waals surface area contributed by atoms with Crippen LogP contribution in [0.5, 0.6) is 0 Å². The Hall–Kier alpha value is -1.02. The highest BCUT2D eigenvalue weighted by atomic mass is 16.5. The van der Waals surface area contributed by atoms with Crippen molar-refractivity contribution in [3.05, 3.63) is 36.6 Å². The summed E-state index contributed by atoms with van der Waals surface area (Å²) < 4.78 is 4.81. The van der Waals surface area contributed by atoms with Crippen molar-refractivity contribution in [2.24, 2.45) is 5.73 Å². The lowest BCUT2D eigenvalue weighted by Gasteiger charge is -1.94. The summed E-state index contributed by atoms with van der Waals surface area (Å²) in [6.07, 6.45) is 7.38. The van der Waals surface area contributed by atoms with Gasteiger partial charge in [-0.25, -0.2) is 0 Å². The summed E-state index contributed by atoms with van der Waals surface area (Å²) in [6, 6.07) is 0.0930. The van der Waals surface area contributed by atoms with Crippen molar-refractivity contribution in [3.8, 4) is 0 Å². The Morgan fingerprint density at radius 2 is 2.18 bits per heavy atom. The lowest BCUT2D eigenvalue weighted by molar-refractivity contribution is 0.309. The maximum absolute atomic E-state index is 5.47. The van der Waals surface area contributed by atoms with Crippen LogP contribution in [0, 0.1) is 0 Å². The van der Waals surface area contributed by atoms with Gasteiger partial charge in [-0.1, -0.05) is 24.8 Å². The van der Waals surface area contributed by atoms with E-state index in [9.17, 15) is 0 Å². The predicted octanol–water partition coefficient (Wildman–Crippen LogP) is 1.61. The Balaban J connectivity index is 3.68. The lowest BCUT2D eigenvalue weighted by atomic mass is 10.3. The summed E-state index contributed by atoms with van der Waals surface area (Å²) in [5.74, 6) is 0.638. The highest BCUT2D eigenvalue weighted by molar-refractivity contribution is 5.14. The molecule has 0 saturated heterocycles. The van der Waals surface area contributed by atoms with Gasteiger partial charge in [-0.15, -0.1) is 0 Å². The third-order valence-corrected chi connectivity index (χ3v) is 1.07. The molecule has 0 aliphatic rings. The zero-order valence-electron chi connectivity index (χ0n) is 7.08. The molecule has 0 saturated carbocycles. The first-order chi connectivity index (χ1) is 5.16. The maximum Gasteiger partial charge on any atom is 0.111 e. The summed E-state index contributed by atoms with van der Waals surface area (Å²) >= 11 is 0. The molecule has 0 amide bonds. The van der Waals surface area contributed by atoms with E-state index in [4.69, 9.17) is 10.5 Å². The van der Waals surface area contributed by atoms with E-state index >= 15 is 0 Å². The van der Waals surface area contributed by atoms with Gasteiger partial charge in [0.15, 0.2) is 0 Å². The Kier molecular flexibility index (Phi) is 5.21. The van der Waals surface area contributed by atoms with Crippen LogP contribution in [-0.4, -0.2) is 13.2 Å². The highest BCUT2D eigenvalue weighted by Gasteiger charge is 1.80. The average Bonchev–Trinajstić information content (AvgIpc) is 1.97. The summed E-state index contributed by atoms with van der Waals surface area (Å²) in [6.45, 7) is 5.53. The van der Waals surface area contributed by atoms with Crippen molar-refractivity contribution >= 4 is 0 Å². The zero-order valence-corrected chi connectivity index (χ0v) is 7.08. The third-order valence-electron chi connectivity index (χ3n) is 1.07. The molecule has 2 nitrogen and oxygen atoms in total. The number of rotatable bonds is 4. The minimum Gasteiger partial charge on any atom is -0.497 e. The van der Waals surface area contributed by atoms with Gasteiger partial charge in [0.1, 0.15) is 5.76 Å². The second-order valence-corrected chi connectivity index (χ2v) is 2.27. The molecular weight excluding hydrogens is 138 g/mol. The van der Waals surface area contributed by atoms with Gasteiger partial charge in [0.05, 0.1) is 7.11 Å². The number of hydrogen-bond acceptors (Lipinski definition) is 2. The third kappa shape index (κ3) is 6.87. The van der Waals surface area contributed by atoms with Crippen molar-refractivity contribution in [1.29, 1.82) is 0 Å². The topological polar surface area (TPSA) is 35.2 Å². The maximum atomic E-state index is 5.47. The molecule has 2 heteroatoms. The van der Waals surface area contributed by atoms with Gasteiger partial charge in [0, 0.05) is 6.04 Å². The highest BCUT2D eigenvalue weighted by Crippen LogP contribution is 1.92. The molecule has 0 aliphatic carbocycles. The lowest BCUT2D eigenvalue weighted by Crippen LogP contribution is -2.09. The normalized spacial score (nSPS) is 14.1. The predicted molar refractivity (Wildman–Crippen MR) is 48.1 cm³/mol. The fourth-order valence-corrected chi connectivity index (χ4v) is 0.470. The quantitative estimate of drug-likeness (QED) is 0.492. The Morgan fingerprint density at radius 1 is 1.55 bits per heavy atom. The SMILES string of the molecule is C=C(/C=C\C=C/C(C)N)OC. The van der Waals surface area contributed by atoms with E-state index in [0.29, 0.717) is 5.76 Å². The monoisotopic (exact) mass is 153 g/mol. The summed E-state index contributed by atoms with van der Waals surface area (Å²) in [5, 5.41) is 0. The van der Waals surface area contributed by atoms with Crippen molar-refractivity contribution in [2.75, 3.05) is 7.11 Å². The molecule has 62 valence electrons. The minimum absolute atomic E-state index is 0.0930. The van der Waals surface area contributed by atoms with Gasteiger partial charge in [-0.05, 0) is 13.0 Å². The second-order valence-electron chi connectivity index (χ2n) is 2.27. The molecule has 11 heavy (non-hydrogen) atoms. The molecule has 1 atom stereocenters. The summed E-state index contributed by atoms with van der Waals surface area (Å²) in [7, 11) is 1.59. The molecule has 0 fully saturated rings. The first-order valence-electron chi connectivity index (χ1n) is 3.50. The van der Waals surface area contributed by atoms with Crippen LogP contribution in [0.4, 0.5) is 0 Å². The van der Waals surface area contributed by atoms with Gasteiger partial charge >= 0.3 is 0 Å². The molecule has 0 heterocycles. The van der Waals surface area contributed by atoms with Crippen molar-refractivity contribution in [3.63, 3.8) is 0 Å². The molecule has 0 bridgehead atoms. The Bertz CT molecular complexity index is 168. The van der Waals surface area contributed by atoms with Crippen LogP contribution in [0.1, 0.15) is 6.92 Å². The van der Waals surface area contributed by atoms with Crippen LogP contribution in [0.2, 0.25) is 0 Å². The van der Waals surface area contributed by atoms with Gasteiger partial charge < -0.3 is 10.5 Å². The molecule has 0 aromatic carbocycles. The standard InChI is InChI=1S/C9H15NO/c1-8(10)6-4-5-7-9(2)11-3/h4-8H,2,10H2,1,3H3/b6-4-,7-5-. The van der Waals surface area contributed by atoms with Crippen LogP contribution in [-0.2, 0) is 4.74 Å². The first-order valence-corrected chi connectivity index (χ1v) is 3.50. The second kappa shape index (κ2) is 5.74. The molecule has 0 rings (SSSR count). The number of allylic oxidation sites excluding steroid dienone is 3. The van der Waals surface area contributed by atoms with Crippen molar-refractivity contribution < 1.29 is 4.74 Å². The van der Waals surface area contributed by atoms with Gasteiger partial charge in [0.25, 0.3) is 0 Å². The molecule has 0 aromatic heterocycles. The molecule has 2 N–H and O–H groups in total. The van der Waals surface area contributed by atoms with Crippen LogP contribution in [0.15, 0.2) is 36.6 Å². The smallest absolute Gasteiger partial charge is 0.111 e. The van der Waals surface area contributed by atoms with E-state index in [-0.39, 0.29) is 6.04 Å². The number of hydrogen-bond donors (Lipinski definition) is 1. The molecule has 0 spiro atoms.